The van der Waals surface area contributed by atoms with Crippen molar-refractivity contribution in [2.45, 2.75) is 13.3 Å². The summed E-state index contributed by atoms with van der Waals surface area (Å²) < 4.78 is 0. The lowest BCUT2D eigenvalue weighted by atomic mass is 10.2. The van der Waals surface area contributed by atoms with Crippen LogP contribution in [0.3, 0.4) is 0 Å². The lowest BCUT2D eigenvalue weighted by molar-refractivity contribution is 1.14. The summed E-state index contributed by atoms with van der Waals surface area (Å²) in [6.45, 7) is 2.09. The summed E-state index contributed by atoms with van der Waals surface area (Å²) in [4.78, 5) is 0. The summed E-state index contributed by atoms with van der Waals surface area (Å²) in [5, 5.41) is 3.05. The van der Waals surface area contributed by atoms with Crippen molar-refractivity contribution in [3.63, 3.8) is 0 Å². The van der Waals surface area contributed by atoms with Crippen molar-refractivity contribution in [3.05, 3.63) is 29.8 Å². The lowest BCUT2D eigenvalue weighted by Gasteiger charge is -1.93. The van der Waals surface area contributed by atoms with Crippen LogP contribution >= 0.6 is 0 Å². The van der Waals surface area contributed by atoms with Gasteiger partial charge < -0.3 is 0 Å². The van der Waals surface area contributed by atoms with Crippen LogP contribution in [0.25, 0.3) is 0 Å². The average Bonchev–Trinajstić information content (AvgIpc) is 2.05. The van der Waals surface area contributed by atoms with Gasteiger partial charge in [-0.25, -0.2) is 0 Å². The number of hydrogen-bond donors (Lipinski definition) is 0. The van der Waals surface area contributed by atoms with Gasteiger partial charge in [0, 0.05) is 0 Å². The molecule has 0 saturated carbocycles. The highest BCUT2D eigenvalue weighted by Crippen LogP contribution is 2.11. The Balaban J connectivity index is 2.90. The molecule has 1 aromatic rings. The molecule has 0 aliphatic heterocycles. The molecule has 0 aromatic heterocycles. The fraction of sp³-hybridized carbons (Fsp3) is 0.250. The van der Waals surface area contributed by atoms with Gasteiger partial charge in [-0.2, -0.15) is 0 Å². The number of hydrogen-bond acceptors (Lipinski definition) is 1. The molecule has 0 heterocycles. The fourth-order valence-electron chi connectivity index (χ4n) is 0.798. The minimum Gasteiger partial charge on any atom is -0.129 e. The van der Waals surface area contributed by atoms with Gasteiger partial charge in [0.25, 0.3) is 0 Å². The molecule has 0 atom stereocenters. The summed E-state index contributed by atoms with van der Waals surface area (Å²) in [6, 6.07) is 7.49. The van der Waals surface area contributed by atoms with E-state index in [0.717, 1.165) is 6.42 Å². The Morgan fingerprint density at radius 3 is 2.30 bits per heavy atom. The van der Waals surface area contributed by atoms with E-state index in [-0.39, 0.29) is 0 Å². The molecular formula is C8H9N2. The van der Waals surface area contributed by atoms with Crippen molar-refractivity contribution < 1.29 is 0 Å². The van der Waals surface area contributed by atoms with Gasteiger partial charge in [-0.1, -0.05) is 19.1 Å². The molecule has 1 aromatic carbocycles. The molecule has 0 amide bonds. The van der Waals surface area contributed by atoms with E-state index in [1.165, 1.54) is 5.56 Å². The van der Waals surface area contributed by atoms with Crippen molar-refractivity contribution in [1.82, 2.24) is 5.53 Å². The minimum atomic E-state index is 0.609. The van der Waals surface area contributed by atoms with Crippen molar-refractivity contribution in [3.8, 4) is 0 Å². The zero-order valence-electron chi connectivity index (χ0n) is 5.91. The Hall–Kier alpha value is -1.18. The van der Waals surface area contributed by atoms with Crippen LogP contribution in [0.2, 0.25) is 0 Å². The van der Waals surface area contributed by atoms with Gasteiger partial charge >= 0.3 is 0 Å². The molecule has 51 valence electrons. The second-order valence-corrected chi connectivity index (χ2v) is 2.12. The van der Waals surface area contributed by atoms with Crippen LogP contribution in [0.1, 0.15) is 12.5 Å². The molecule has 10 heavy (non-hydrogen) atoms. The first-order chi connectivity index (χ1) is 4.86. The maximum atomic E-state index is 8.33. The van der Waals surface area contributed by atoms with E-state index in [2.05, 4.69) is 12.0 Å². The number of nitrogens with zero attached hydrogens (tertiary/aromatic N) is 2. The SMILES string of the molecule is CCc1ccc(N=[N])cc1. The molecule has 0 fully saturated rings. The van der Waals surface area contributed by atoms with E-state index < -0.39 is 0 Å². The van der Waals surface area contributed by atoms with Crippen LogP contribution in [-0.2, 0) is 6.42 Å². The van der Waals surface area contributed by atoms with Gasteiger partial charge in [0.15, 0.2) is 0 Å². The molecule has 2 nitrogen and oxygen atoms in total. The second-order valence-electron chi connectivity index (χ2n) is 2.12. The Kier molecular flexibility index (Phi) is 2.15. The Morgan fingerprint density at radius 1 is 1.30 bits per heavy atom. The number of rotatable bonds is 2. The number of benzene rings is 1. The predicted octanol–water partition coefficient (Wildman–Crippen LogP) is 2.13. The summed E-state index contributed by atoms with van der Waals surface area (Å²) in [7, 11) is 0. The highest BCUT2D eigenvalue weighted by molar-refractivity contribution is 5.37. The first-order valence-electron chi connectivity index (χ1n) is 3.31. The summed E-state index contributed by atoms with van der Waals surface area (Å²) in [5.41, 5.74) is 10.2. The quantitative estimate of drug-likeness (QED) is 0.554. The first kappa shape index (κ1) is 6.93. The molecule has 0 aliphatic carbocycles. The van der Waals surface area contributed by atoms with Crippen molar-refractivity contribution >= 4 is 5.69 Å². The third-order valence-electron chi connectivity index (χ3n) is 1.46. The molecule has 1 radical (unpaired) electrons. The van der Waals surface area contributed by atoms with Gasteiger partial charge in [-0.05, 0) is 29.6 Å². The van der Waals surface area contributed by atoms with E-state index >= 15 is 0 Å². The standard InChI is InChI=1S/C8H9N2/c1-2-7-3-5-8(10-9)6-4-7/h3-6H,2H2,1H3. The smallest absolute Gasteiger partial charge is 0.0875 e. The van der Waals surface area contributed by atoms with Gasteiger partial charge in [0.2, 0.25) is 0 Å². The van der Waals surface area contributed by atoms with E-state index in [1.807, 2.05) is 12.1 Å². The lowest BCUT2D eigenvalue weighted by Crippen LogP contribution is -1.75. The fourth-order valence-corrected chi connectivity index (χ4v) is 0.798. The molecule has 0 saturated heterocycles. The normalized spacial score (nSPS) is 9.30. The van der Waals surface area contributed by atoms with E-state index in [9.17, 15) is 0 Å². The summed E-state index contributed by atoms with van der Waals surface area (Å²) >= 11 is 0. The average molecular weight is 133 g/mol. The maximum Gasteiger partial charge on any atom is 0.0875 e. The molecule has 2 heteroatoms. The Bertz CT molecular complexity index is 213. The van der Waals surface area contributed by atoms with Crippen molar-refractivity contribution in [2.75, 3.05) is 0 Å². The van der Waals surface area contributed by atoms with Gasteiger partial charge in [0.05, 0.1) is 5.69 Å². The van der Waals surface area contributed by atoms with E-state index in [1.54, 1.807) is 12.1 Å². The topological polar surface area (TPSA) is 34.7 Å². The van der Waals surface area contributed by atoms with Crippen LogP contribution in [-0.4, -0.2) is 0 Å². The zero-order valence-corrected chi connectivity index (χ0v) is 5.91. The van der Waals surface area contributed by atoms with Crippen LogP contribution in [0.5, 0.6) is 0 Å². The summed E-state index contributed by atoms with van der Waals surface area (Å²) in [5.74, 6) is 0. The first-order valence-corrected chi connectivity index (χ1v) is 3.31. The van der Waals surface area contributed by atoms with Gasteiger partial charge in [-0.15, -0.1) is 5.11 Å². The highest BCUT2D eigenvalue weighted by atomic mass is 14.9. The van der Waals surface area contributed by atoms with Gasteiger partial charge in [-0.3, -0.25) is 0 Å². The summed E-state index contributed by atoms with van der Waals surface area (Å²) in [6.07, 6.45) is 1.02. The molecule has 0 aliphatic rings. The van der Waals surface area contributed by atoms with Crippen LogP contribution in [0, 0.1) is 0 Å². The van der Waals surface area contributed by atoms with Gasteiger partial charge in [0.1, 0.15) is 0 Å². The monoisotopic (exact) mass is 133 g/mol. The molecule has 0 spiro atoms. The maximum absolute atomic E-state index is 8.33. The van der Waals surface area contributed by atoms with Crippen molar-refractivity contribution in [1.29, 1.82) is 0 Å². The van der Waals surface area contributed by atoms with E-state index in [0.29, 0.717) is 5.69 Å². The zero-order chi connectivity index (χ0) is 7.40. The second kappa shape index (κ2) is 3.11. The molecule has 0 N–H and O–H groups in total. The molecule has 1 rings (SSSR count). The Morgan fingerprint density at radius 2 is 1.90 bits per heavy atom. The molecular weight excluding hydrogens is 124 g/mol. The molecule has 0 unspecified atom stereocenters. The largest absolute Gasteiger partial charge is 0.129 e. The van der Waals surface area contributed by atoms with Crippen LogP contribution < -0.4 is 5.53 Å². The third kappa shape index (κ3) is 1.41. The van der Waals surface area contributed by atoms with E-state index in [4.69, 9.17) is 5.53 Å². The molecule has 0 bridgehead atoms. The third-order valence-corrected chi connectivity index (χ3v) is 1.46. The predicted molar refractivity (Wildman–Crippen MR) is 40.0 cm³/mol. The highest BCUT2D eigenvalue weighted by Gasteiger charge is 1.88. The van der Waals surface area contributed by atoms with Crippen LogP contribution in [0.4, 0.5) is 5.69 Å². The minimum absolute atomic E-state index is 0.609. The number of aryl methyl sites for hydroxylation is 1. The van der Waals surface area contributed by atoms with Crippen molar-refractivity contribution in [2.24, 2.45) is 5.11 Å². The van der Waals surface area contributed by atoms with Crippen LogP contribution in [0.15, 0.2) is 29.4 Å². The Labute approximate surface area is 60.4 Å².